The number of hydrogen-bond donors (Lipinski definition) is 8. The van der Waals surface area contributed by atoms with E-state index in [1.807, 2.05) is 60.7 Å². The molecule has 0 radical (unpaired) electrons. The van der Waals surface area contributed by atoms with E-state index < -0.39 is 23.9 Å². The fourth-order valence-electron chi connectivity index (χ4n) is 10.1. The van der Waals surface area contributed by atoms with Crippen LogP contribution in [0.4, 0.5) is 0 Å². The molecule has 0 saturated carbocycles. The van der Waals surface area contributed by atoms with E-state index in [0.29, 0.717) is 75.0 Å². The Labute approximate surface area is 704 Å². The van der Waals surface area contributed by atoms with Crippen molar-refractivity contribution >= 4 is 173 Å². The normalized spacial score (nSPS) is 10.3. The molecule has 0 unspecified atom stereocenters. The molecule has 0 aliphatic heterocycles. The van der Waals surface area contributed by atoms with Crippen LogP contribution < -0.4 is 140 Å². The van der Waals surface area contributed by atoms with Crippen LogP contribution in [0.3, 0.4) is 0 Å². The first-order valence-electron chi connectivity index (χ1n) is 31.7. The van der Waals surface area contributed by atoms with Gasteiger partial charge in [-0.25, -0.2) is 9.59 Å². The number of carbonyl (C=O) groups excluding carboxylic acids is 2. The Morgan fingerprint density at radius 2 is 0.641 bits per heavy atom. The quantitative estimate of drug-likeness (QED) is 0.0344. The van der Waals surface area contributed by atoms with Gasteiger partial charge in [0.05, 0.1) is 70.8 Å². The van der Waals surface area contributed by atoms with E-state index in [2.05, 4.69) is 18.7 Å². The van der Waals surface area contributed by atoms with Crippen LogP contribution >= 0.6 is 68.5 Å². The number of nitrogens with zero attached hydrogens (tertiary/aromatic N) is 1. The van der Waals surface area contributed by atoms with Crippen LogP contribution in [0.5, 0.6) is 0 Å². The predicted molar refractivity (Wildman–Crippen MR) is 406 cm³/mol. The minimum Gasteiger partial charge on any atom is -0.870 e. The molecule has 9 N–H and O–H groups in total. The maximum Gasteiger partial charge on any atom is 1.00 e. The number of benzene rings is 8. The van der Waals surface area contributed by atoms with Gasteiger partial charge in [0, 0.05) is 102 Å². The number of hydrogen-bond acceptors (Lipinski definition) is 21. The van der Waals surface area contributed by atoms with Gasteiger partial charge in [-0.3, -0.25) is 24.1 Å². The van der Waals surface area contributed by atoms with Gasteiger partial charge in [0.1, 0.15) is 13.1 Å². The molecule has 0 aliphatic rings. The van der Waals surface area contributed by atoms with E-state index in [1.54, 1.807) is 91.9 Å². The maximum absolute atomic E-state index is 12.3. The maximum atomic E-state index is 12.3. The molecule has 12 rings (SSSR count). The van der Waals surface area contributed by atoms with Crippen molar-refractivity contribution in [1.82, 2.24) is 4.90 Å². The molecule has 0 amide bonds. The van der Waals surface area contributed by atoms with Crippen molar-refractivity contribution in [3.8, 4) is 0 Å². The molecule has 0 aliphatic carbocycles. The summed E-state index contributed by atoms with van der Waals surface area (Å²) in [6.45, 7) is 12.0. The number of quaternary nitrogens is 1. The van der Waals surface area contributed by atoms with Gasteiger partial charge in [-0.15, -0.1) is 68.5 Å². The first-order chi connectivity index (χ1) is 48.2. The van der Waals surface area contributed by atoms with Crippen LogP contribution in [0.1, 0.15) is 87.9 Å². The number of alkyl halides is 2. The molecule has 103 heavy (non-hydrogen) atoms. The second-order valence-electron chi connectivity index (χ2n) is 21.5. The monoisotopic (exact) mass is 1570 g/mol. The predicted octanol–water partition coefficient (Wildman–Crippen LogP) is 3.76. The number of fused-ring (bicyclic) bond motifs is 8. The molecule has 4 aromatic heterocycles. The van der Waals surface area contributed by atoms with E-state index in [1.165, 1.54) is 87.4 Å². The molecular weight excluding hydrogens is 1490 g/mol. The second-order valence-corrected chi connectivity index (χ2v) is 26.5. The molecule has 0 bridgehead atoms. The molecule has 12 aromatic rings. The van der Waals surface area contributed by atoms with Crippen LogP contribution in [0.25, 0.3) is 80.7 Å². The number of carboxylic acids is 4. The van der Waals surface area contributed by atoms with E-state index in [9.17, 15) is 48.6 Å². The molecule has 8 aromatic carbocycles. The standard InChI is InChI=1S/4C14H8O3S.2C8H19NO2.C2H6O.CH2Cl2.2K.H2O/c4*15-12-8-4-1-2-7-11(8)18-13-9(12)5-3-6-10(13)14(16)17;2*1-2-3-4-9(5-7-10)6-8-11;1-2-3;2-1-3;;;/h4*1-7H,(H,16,17);2*10-11H,2-8H2,1H3;3H,2H2,1H3;1H2;;;1H2/q;;;;;;;;2*+1;/p-2. The number of rotatable bonds is 18. The molecule has 4 heterocycles. The molecule has 0 atom stereocenters. The second kappa shape index (κ2) is 50.3. The minimum absolute atomic E-state index is 0. The Balaban J connectivity index is 0.000000416. The van der Waals surface area contributed by atoms with Gasteiger partial charge >= 0.3 is 115 Å². The molecular formula is C75H78Cl2K2N2O18S4. The van der Waals surface area contributed by atoms with Crippen LogP contribution in [0, 0.1) is 0 Å². The van der Waals surface area contributed by atoms with Gasteiger partial charge < -0.3 is 65.9 Å². The summed E-state index contributed by atoms with van der Waals surface area (Å²) in [5, 5.41) is 87.1. The van der Waals surface area contributed by atoms with E-state index in [0.717, 1.165) is 57.8 Å². The molecule has 28 heteroatoms. The van der Waals surface area contributed by atoms with E-state index in [-0.39, 0.29) is 191 Å². The van der Waals surface area contributed by atoms with Gasteiger partial charge in [-0.2, -0.15) is 0 Å². The fourth-order valence-corrected chi connectivity index (χ4v) is 14.8. The third-order valence-electron chi connectivity index (χ3n) is 14.8. The molecule has 20 nitrogen and oxygen atoms in total. The van der Waals surface area contributed by atoms with Crippen LogP contribution in [-0.4, -0.2) is 148 Å². The summed E-state index contributed by atoms with van der Waals surface area (Å²) in [5.41, 5.74) is 0.0104. The van der Waals surface area contributed by atoms with Crippen molar-refractivity contribution in [2.45, 2.75) is 46.5 Å². The molecule has 536 valence electrons. The zero-order chi connectivity index (χ0) is 73.3. The largest absolute Gasteiger partial charge is 1.00 e. The zero-order valence-corrected chi connectivity index (χ0v) is 68.5. The van der Waals surface area contributed by atoms with Gasteiger partial charge in [-0.05, 0) is 111 Å². The average Bonchev–Trinajstić information content (AvgIpc) is 0.796. The van der Waals surface area contributed by atoms with Crippen molar-refractivity contribution in [2.75, 3.05) is 77.6 Å². The third-order valence-corrected chi connectivity index (χ3v) is 19.7. The number of nitrogens with one attached hydrogen (secondary N) is 1. The first kappa shape index (κ1) is 93.8. The van der Waals surface area contributed by atoms with Gasteiger partial charge in [0.25, 0.3) is 0 Å². The van der Waals surface area contributed by atoms with Crippen LogP contribution in [0.2, 0.25) is 0 Å². The third kappa shape index (κ3) is 27.2. The van der Waals surface area contributed by atoms with E-state index in [4.69, 9.17) is 58.9 Å². The zero-order valence-electron chi connectivity index (χ0n) is 57.5. The number of aromatic carboxylic acids is 4. The van der Waals surface area contributed by atoms with E-state index >= 15 is 0 Å². The fraction of sp³-hybridized carbons (Fsp3) is 0.253. The molecule has 0 saturated heterocycles. The van der Waals surface area contributed by atoms with Crippen LogP contribution in [-0.2, 0) is 0 Å². The topological polar surface area (TPSA) is 362 Å². The number of halogens is 2. The minimum atomic E-state index is -1.26. The summed E-state index contributed by atoms with van der Waals surface area (Å²) < 4.78 is 5.20. The SMILES string of the molecule is CCCCN(CCO)CCO.CCCC[NH+](CCO)CCO.CCO.ClCCl.O=C(O)c1cccc2c(=O)c3ccccc3sc12.O=C(O)c1cccc2c(=O)c3ccccc3sc12.O=C([O-])c1cccc2c(=O)c3ccccc3sc12.O=C([O-])c1cccc2c(=O)c3ccccc3sc12.[K+].[K+].[OH-]. The van der Waals surface area contributed by atoms with Crippen molar-refractivity contribution in [3.05, 3.63) is 233 Å². The van der Waals surface area contributed by atoms with Crippen molar-refractivity contribution in [1.29, 1.82) is 0 Å². The summed E-state index contributed by atoms with van der Waals surface area (Å²) in [6.07, 6.45) is 4.66. The van der Waals surface area contributed by atoms with Crippen molar-refractivity contribution < 1.29 is 178 Å². The molecule has 0 spiro atoms. The van der Waals surface area contributed by atoms with Gasteiger partial charge in [0.15, 0.2) is 21.7 Å². The Morgan fingerprint density at radius 3 is 0.883 bits per heavy atom. The Bertz CT molecular complexity index is 4360. The summed E-state index contributed by atoms with van der Waals surface area (Å²) in [7, 11) is 0. The number of carboxylic acid groups (broad SMARTS) is 4. The average molecular weight is 1570 g/mol. The summed E-state index contributed by atoms with van der Waals surface area (Å²) in [6, 6.07) is 47.8. The Hall–Kier alpha value is -5.27. The van der Waals surface area contributed by atoms with Crippen molar-refractivity contribution in [3.63, 3.8) is 0 Å². The molecule has 0 fully saturated rings. The number of unbranched alkanes of at least 4 members (excludes halogenated alkanes) is 2. The summed E-state index contributed by atoms with van der Waals surface area (Å²) in [4.78, 5) is 96.9. The summed E-state index contributed by atoms with van der Waals surface area (Å²) >= 11 is 14.8. The Kier molecular flexibility index (Phi) is 45.8. The number of carbonyl (C=O) groups is 4. The van der Waals surface area contributed by atoms with Gasteiger partial charge in [0.2, 0.25) is 0 Å². The first-order valence-corrected chi connectivity index (χ1v) is 36.0. The smallest absolute Gasteiger partial charge is 0.870 e. The van der Waals surface area contributed by atoms with Gasteiger partial charge in [-0.1, -0.05) is 112 Å². The summed E-state index contributed by atoms with van der Waals surface area (Å²) in [5.74, 6) is -4.53. The number of aliphatic hydroxyl groups excluding tert-OH is 5. The number of aliphatic hydroxyl groups is 5. The van der Waals surface area contributed by atoms with Crippen molar-refractivity contribution in [2.24, 2.45) is 0 Å². The Morgan fingerprint density at radius 1 is 0.388 bits per heavy atom. The van der Waals surface area contributed by atoms with Crippen LogP contribution in [0.15, 0.2) is 189 Å².